The normalized spacial score (nSPS) is 20.3. The number of hydrogen-bond donors (Lipinski definition) is 4. The van der Waals surface area contributed by atoms with Gasteiger partial charge in [-0.15, -0.1) is 0 Å². The van der Waals surface area contributed by atoms with E-state index in [1.807, 2.05) is 0 Å². The minimum atomic E-state index is -1.86. The fraction of sp³-hybridized carbons (Fsp3) is 0.848. The standard InChI is InChI=1S/C46H82O11/c1-3-5-7-9-11-13-15-16-17-18-19-20-21-22-23-24-25-27-28-30-32-34-39(47)54-36-38(37-55-46-43(51)41(49)42(50)44(57-46)45(52)53)56-40(48)35-33-31-29-26-14-12-10-8-6-4-2/h15-16,18-19,38,41-44,46,49-51H,3-14,17,20-37H2,1-2H3,(H,52,53)/b16-15-,19-18-. The van der Waals surface area contributed by atoms with Crippen molar-refractivity contribution >= 4 is 17.9 Å². The first kappa shape index (κ1) is 52.7. The Morgan fingerprint density at radius 2 is 0.982 bits per heavy atom. The number of aliphatic hydroxyl groups excluding tert-OH is 3. The van der Waals surface area contributed by atoms with Crippen LogP contribution in [0, 0.1) is 0 Å². The molecule has 0 aromatic carbocycles. The van der Waals surface area contributed by atoms with E-state index in [0.29, 0.717) is 12.8 Å². The first-order chi connectivity index (χ1) is 27.7. The van der Waals surface area contributed by atoms with Gasteiger partial charge in [0.05, 0.1) is 6.61 Å². The quantitative estimate of drug-likeness (QED) is 0.0266. The van der Waals surface area contributed by atoms with E-state index >= 15 is 0 Å². The summed E-state index contributed by atoms with van der Waals surface area (Å²) < 4.78 is 21.7. The monoisotopic (exact) mass is 811 g/mol. The zero-order valence-electron chi connectivity index (χ0n) is 35.8. The van der Waals surface area contributed by atoms with Crippen LogP contribution in [0.15, 0.2) is 24.3 Å². The molecule has 0 amide bonds. The Kier molecular flexibility index (Phi) is 34.0. The number of ether oxygens (including phenoxy) is 4. The predicted molar refractivity (Wildman–Crippen MR) is 225 cm³/mol. The molecule has 6 atom stereocenters. The van der Waals surface area contributed by atoms with Crippen molar-refractivity contribution in [3.05, 3.63) is 24.3 Å². The average Bonchev–Trinajstić information content (AvgIpc) is 3.19. The molecule has 332 valence electrons. The number of carboxylic acid groups (broad SMARTS) is 1. The number of allylic oxidation sites excluding steroid dienone is 4. The zero-order valence-corrected chi connectivity index (χ0v) is 35.8. The number of carboxylic acids is 1. The van der Waals surface area contributed by atoms with Crippen LogP contribution in [0.2, 0.25) is 0 Å². The van der Waals surface area contributed by atoms with E-state index < -0.39 is 54.7 Å². The van der Waals surface area contributed by atoms with E-state index in [2.05, 4.69) is 38.2 Å². The summed E-state index contributed by atoms with van der Waals surface area (Å²) in [5, 5.41) is 39.7. The van der Waals surface area contributed by atoms with Crippen molar-refractivity contribution in [3.8, 4) is 0 Å². The van der Waals surface area contributed by atoms with Crippen molar-refractivity contribution in [1.29, 1.82) is 0 Å². The molecule has 0 bridgehead atoms. The summed E-state index contributed by atoms with van der Waals surface area (Å²) in [6, 6.07) is 0. The molecule has 11 heteroatoms. The summed E-state index contributed by atoms with van der Waals surface area (Å²) in [6.07, 6.45) is 31.0. The van der Waals surface area contributed by atoms with E-state index in [0.717, 1.165) is 51.4 Å². The first-order valence-corrected chi connectivity index (χ1v) is 22.9. The van der Waals surface area contributed by atoms with E-state index in [1.165, 1.54) is 109 Å². The van der Waals surface area contributed by atoms with Crippen molar-refractivity contribution in [3.63, 3.8) is 0 Å². The van der Waals surface area contributed by atoms with E-state index in [-0.39, 0.29) is 26.1 Å². The highest BCUT2D eigenvalue weighted by Crippen LogP contribution is 2.23. The maximum Gasteiger partial charge on any atom is 0.335 e. The maximum atomic E-state index is 12.7. The summed E-state index contributed by atoms with van der Waals surface area (Å²) in [6.45, 7) is 3.78. The van der Waals surface area contributed by atoms with Crippen LogP contribution in [0.25, 0.3) is 0 Å². The molecule has 1 aliphatic heterocycles. The third-order valence-corrected chi connectivity index (χ3v) is 10.6. The molecule has 0 radical (unpaired) electrons. The van der Waals surface area contributed by atoms with Crippen molar-refractivity contribution in [2.45, 2.75) is 237 Å². The minimum absolute atomic E-state index is 0.185. The van der Waals surface area contributed by atoms with Crippen LogP contribution in [0.3, 0.4) is 0 Å². The number of carbonyl (C=O) groups is 3. The molecule has 0 aliphatic carbocycles. The largest absolute Gasteiger partial charge is 0.479 e. The molecule has 1 heterocycles. The van der Waals surface area contributed by atoms with Gasteiger partial charge in [0.2, 0.25) is 0 Å². The van der Waals surface area contributed by atoms with Crippen LogP contribution >= 0.6 is 0 Å². The third kappa shape index (κ3) is 28.7. The molecule has 11 nitrogen and oxygen atoms in total. The molecule has 0 aromatic rings. The van der Waals surface area contributed by atoms with Gasteiger partial charge >= 0.3 is 17.9 Å². The highest BCUT2D eigenvalue weighted by atomic mass is 16.7. The first-order valence-electron chi connectivity index (χ1n) is 22.9. The molecule has 1 aliphatic rings. The van der Waals surface area contributed by atoms with Gasteiger partial charge in [-0.25, -0.2) is 4.79 Å². The Hall–Kier alpha value is -2.31. The van der Waals surface area contributed by atoms with Gasteiger partial charge in [0.1, 0.15) is 24.9 Å². The number of aliphatic hydroxyl groups is 3. The Morgan fingerprint density at radius 1 is 0.544 bits per heavy atom. The van der Waals surface area contributed by atoms with Gasteiger partial charge in [0, 0.05) is 12.8 Å². The molecule has 0 spiro atoms. The van der Waals surface area contributed by atoms with Crippen molar-refractivity contribution in [2.24, 2.45) is 0 Å². The highest BCUT2D eigenvalue weighted by molar-refractivity contribution is 5.73. The summed E-state index contributed by atoms with van der Waals surface area (Å²) in [7, 11) is 0. The predicted octanol–water partition coefficient (Wildman–Crippen LogP) is 9.82. The second-order valence-electron chi connectivity index (χ2n) is 15.9. The summed E-state index contributed by atoms with van der Waals surface area (Å²) in [5.41, 5.74) is 0. The number of esters is 2. The fourth-order valence-corrected chi connectivity index (χ4v) is 6.91. The molecule has 1 rings (SSSR count). The molecule has 57 heavy (non-hydrogen) atoms. The summed E-state index contributed by atoms with van der Waals surface area (Å²) >= 11 is 0. The molecular formula is C46H82O11. The van der Waals surface area contributed by atoms with Crippen LogP contribution in [0.5, 0.6) is 0 Å². The van der Waals surface area contributed by atoms with Crippen LogP contribution in [-0.4, -0.2) is 88.4 Å². The highest BCUT2D eigenvalue weighted by Gasteiger charge is 2.47. The summed E-state index contributed by atoms with van der Waals surface area (Å²) in [5.74, 6) is -2.44. The van der Waals surface area contributed by atoms with Gasteiger partial charge in [0.25, 0.3) is 0 Å². The number of aliphatic carboxylic acids is 1. The van der Waals surface area contributed by atoms with E-state index in [1.54, 1.807) is 0 Å². The molecule has 1 saturated heterocycles. The van der Waals surface area contributed by atoms with Gasteiger partial charge < -0.3 is 39.4 Å². The van der Waals surface area contributed by atoms with Gasteiger partial charge in [-0.05, 0) is 44.9 Å². The fourth-order valence-electron chi connectivity index (χ4n) is 6.91. The van der Waals surface area contributed by atoms with Crippen molar-refractivity contribution in [1.82, 2.24) is 0 Å². The lowest BCUT2D eigenvalue weighted by Gasteiger charge is -2.38. The second-order valence-corrected chi connectivity index (χ2v) is 15.9. The lowest BCUT2D eigenvalue weighted by molar-refractivity contribution is -0.298. The smallest absolute Gasteiger partial charge is 0.335 e. The lowest BCUT2D eigenvalue weighted by atomic mass is 9.99. The van der Waals surface area contributed by atoms with E-state index in [4.69, 9.17) is 18.9 Å². The Morgan fingerprint density at radius 3 is 1.46 bits per heavy atom. The SMILES string of the molecule is CCCCCCC/C=C\C/C=C\CCCCCCCCCCCC(=O)OCC(COC1OC(C(=O)O)C(O)C(O)C1O)OC(=O)CCCCCCCCCCCC. The minimum Gasteiger partial charge on any atom is -0.479 e. The van der Waals surface area contributed by atoms with Gasteiger partial charge in [-0.1, -0.05) is 167 Å². The zero-order chi connectivity index (χ0) is 41.8. The van der Waals surface area contributed by atoms with Crippen LogP contribution < -0.4 is 0 Å². The van der Waals surface area contributed by atoms with Gasteiger partial charge in [-0.3, -0.25) is 9.59 Å². The number of carbonyl (C=O) groups excluding carboxylic acids is 2. The molecule has 0 aromatic heterocycles. The summed E-state index contributed by atoms with van der Waals surface area (Å²) in [4.78, 5) is 36.7. The Labute approximate surface area is 345 Å². The lowest BCUT2D eigenvalue weighted by Crippen LogP contribution is -2.60. The van der Waals surface area contributed by atoms with Crippen LogP contribution in [0.1, 0.15) is 200 Å². The van der Waals surface area contributed by atoms with Crippen molar-refractivity contribution < 1.29 is 53.8 Å². The molecule has 4 N–H and O–H groups in total. The maximum absolute atomic E-state index is 12.7. The van der Waals surface area contributed by atoms with Gasteiger partial charge in [-0.2, -0.15) is 0 Å². The van der Waals surface area contributed by atoms with Crippen LogP contribution in [0.4, 0.5) is 0 Å². The average molecular weight is 811 g/mol. The number of unbranched alkanes of at least 4 members (excludes halogenated alkanes) is 23. The third-order valence-electron chi connectivity index (χ3n) is 10.6. The molecule has 1 fully saturated rings. The number of hydrogen-bond acceptors (Lipinski definition) is 10. The molecule has 6 unspecified atom stereocenters. The second kappa shape index (κ2) is 36.7. The molecule has 0 saturated carbocycles. The number of rotatable bonds is 38. The van der Waals surface area contributed by atoms with Crippen LogP contribution in [-0.2, 0) is 33.3 Å². The topological polar surface area (TPSA) is 169 Å². The Bertz CT molecular complexity index is 1050. The Balaban J connectivity index is 2.30. The van der Waals surface area contributed by atoms with E-state index in [9.17, 15) is 34.8 Å². The van der Waals surface area contributed by atoms with Crippen molar-refractivity contribution in [2.75, 3.05) is 13.2 Å². The van der Waals surface area contributed by atoms with Gasteiger partial charge in [0.15, 0.2) is 18.5 Å². The molecular weight excluding hydrogens is 728 g/mol.